The fourth-order valence-electron chi connectivity index (χ4n) is 4.77. The average Bonchev–Trinajstić information content (AvgIpc) is 2.94. The van der Waals surface area contributed by atoms with Crippen LogP contribution < -0.4 is 21.1 Å². The van der Waals surface area contributed by atoms with E-state index in [1.165, 1.54) is 5.56 Å². The van der Waals surface area contributed by atoms with Crippen LogP contribution in [0.3, 0.4) is 0 Å². The number of ether oxygens (including phenoxy) is 1. The summed E-state index contributed by atoms with van der Waals surface area (Å²) in [4.78, 5) is 37.5. The molecule has 1 aromatic carbocycles. The number of nitrogens with two attached hydrogens (primary N) is 1. The molecule has 39 heavy (non-hydrogen) atoms. The van der Waals surface area contributed by atoms with E-state index in [9.17, 15) is 13.8 Å². The van der Waals surface area contributed by atoms with Crippen LogP contribution in [0.5, 0.6) is 5.75 Å². The summed E-state index contributed by atoms with van der Waals surface area (Å²) in [6, 6.07) is 7.86. The van der Waals surface area contributed by atoms with Gasteiger partial charge in [-0.2, -0.15) is 0 Å². The number of carbonyl (C=O) groups is 2. The van der Waals surface area contributed by atoms with Gasteiger partial charge in [0, 0.05) is 55.0 Å². The summed E-state index contributed by atoms with van der Waals surface area (Å²) >= 11 is 5.99. The third-order valence-electron chi connectivity index (χ3n) is 6.93. The first-order valence-electron chi connectivity index (χ1n) is 13.2. The van der Waals surface area contributed by atoms with Gasteiger partial charge in [-0.05, 0) is 56.5 Å². The highest BCUT2D eigenvalue weighted by Crippen LogP contribution is 2.20. The van der Waals surface area contributed by atoms with Crippen LogP contribution in [0.15, 0.2) is 24.3 Å². The van der Waals surface area contributed by atoms with Crippen LogP contribution in [0, 0.1) is 0 Å². The average molecular weight is 578 g/mol. The number of anilines is 2. The van der Waals surface area contributed by atoms with E-state index in [1.54, 1.807) is 11.9 Å². The second kappa shape index (κ2) is 13.9. The van der Waals surface area contributed by atoms with E-state index in [-0.39, 0.29) is 41.1 Å². The van der Waals surface area contributed by atoms with Gasteiger partial charge in [0.2, 0.25) is 0 Å². The largest absolute Gasteiger partial charge is 0.484 e. The molecule has 2 amide bonds. The predicted octanol–water partition coefficient (Wildman–Crippen LogP) is 1.55. The fourth-order valence-corrected chi connectivity index (χ4v) is 5.95. The van der Waals surface area contributed by atoms with Gasteiger partial charge in [0.1, 0.15) is 5.75 Å². The van der Waals surface area contributed by atoms with Crippen LogP contribution in [-0.2, 0) is 22.0 Å². The van der Waals surface area contributed by atoms with Crippen LogP contribution in [-0.4, -0.2) is 99.7 Å². The van der Waals surface area contributed by atoms with Crippen molar-refractivity contribution in [1.82, 2.24) is 25.1 Å². The van der Waals surface area contributed by atoms with Gasteiger partial charge >= 0.3 is 0 Å². The highest BCUT2D eigenvalue weighted by atomic mass is 35.5. The van der Waals surface area contributed by atoms with Crippen molar-refractivity contribution in [3.8, 4) is 5.75 Å². The van der Waals surface area contributed by atoms with Crippen molar-refractivity contribution in [2.45, 2.75) is 31.7 Å². The summed E-state index contributed by atoms with van der Waals surface area (Å²) in [6.07, 6.45) is 3.80. The Morgan fingerprint density at radius 2 is 1.92 bits per heavy atom. The van der Waals surface area contributed by atoms with Gasteiger partial charge in [0.25, 0.3) is 11.8 Å². The SMILES string of the molecule is CNc1nc(N)c(Cl)nc1C(=O)NC1CCCN(CCCc2ccc(OCC(=O)N3CCS(=O)CC3)cc2)C1. The number of hydrogen-bond donors (Lipinski definition) is 3. The Balaban J connectivity index is 1.18. The smallest absolute Gasteiger partial charge is 0.274 e. The molecule has 212 valence electrons. The minimum Gasteiger partial charge on any atom is -0.484 e. The molecule has 0 bridgehead atoms. The molecule has 13 heteroatoms. The topological polar surface area (TPSA) is 143 Å². The summed E-state index contributed by atoms with van der Waals surface area (Å²) in [6.45, 7) is 3.74. The van der Waals surface area contributed by atoms with Crippen LogP contribution in [0.2, 0.25) is 5.15 Å². The zero-order valence-corrected chi connectivity index (χ0v) is 23.7. The fraction of sp³-hybridized carbons (Fsp3) is 0.538. The first-order chi connectivity index (χ1) is 18.8. The Bertz CT molecular complexity index is 1170. The molecule has 4 N–H and O–H groups in total. The summed E-state index contributed by atoms with van der Waals surface area (Å²) in [7, 11) is 0.845. The second-order valence-corrected chi connectivity index (χ2v) is 11.8. The number of aromatic nitrogens is 2. The molecular weight excluding hydrogens is 542 g/mol. The first-order valence-corrected chi connectivity index (χ1v) is 15.1. The number of nitrogen functional groups attached to an aromatic ring is 1. The van der Waals surface area contributed by atoms with E-state index in [2.05, 4.69) is 25.5 Å². The van der Waals surface area contributed by atoms with E-state index < -0.39 is 10.8 Å². The molecule has 0 spiro atoms. The van der Waals surface area contributed by atoms with Crippen molar-refractivity contribution >= 4 is 45.9 Å². The molecule has 0 saturated carbocycles. The van der Waals surface area contributed by atoms with E-state index in [0.29, 0.717) is 36.2 Å². The molecule has 2 aliphatic heterocycles. The van der Waals surface area contributed by atoms with E-state index in [0.717, 1.165) is 45.3 Å². The maximum atomic E-state index is 12.9. The number of aryl methyl sites for hydroxylation is 1. The van der Waals surface area contributed by atoms with Gasteiger partial charge in [0.05, 0.1) is 0 Å². The molecule has 2 aromatic rings. The van der Waals surface area contributed by atoms with Gasteiger partial charge in [-0.1, -0.05) is 23.7 Å². The van der Waals surface area contributed by atoms with Gasteiger partial charge in [0.15, 0.2) is 29.1 Å². The number of likely N-dealkylation sites (tertiary alicyclic amines) is 1. The molecule has 4 rings (SSSR count). The quantitative estimate of drug-likeness (QED) is 0.383. The lowest BCUT2D eigenvalue weighted by atomic mass is 10.0. The number of nitrogens with zero attached hydrogens (tertiary/aromatic N) is 4. The van der Waals surface area contributed by atoms with Crippen molar-refractivity contribution in [3.63, 3.8) is 0 Å². The molecule has 1 unspecified atom stereocenters. The molecule has 3 heterocycles. The van der Waals surface area contributed by atoms with Gasteiger partial charge in [-0.3, -0.25) is 13.8 Å². The number of hydrogen-bond acceptors (Lipinski definition) is 9. The number of amides is 2. The minimum atomic E-state index is -0.808. The third-order valence-corrected chi connectivity index (χ3v) is 8.48. The lowest BCUT2D eigenvalue weighted by Crippen LogP contribution is -2.48. The lowest BCUT2D eigenvalue weighted by molar-refractivity contribution is -0.133. The summed E-state index contributed by atoms with van der Waals surface area (Å²) in [5, 5.41) is 5.92. The van der Waals surface area contributed by atoms with Crippen molar-refractivity contribution in [2.24, 2.45) is 0 Å². The van der Waals surface area contributed by atoms with Gasteiger partial charge in [-0.15, -0.1) is 0 Å². The van der Waals surface area contributed by atoms with Crippen LogP contribution >= 0.6 is 11.6 Å². The van der Waals surface area contributed by atoms with Crippen molar-refractivity contribution in [1.29, 1.82) is 0 Å². The first kappa shape index (κ1) is 29.0. The van der Waals surface area contributed by atoms with E-state index in [4.69, 9.17) is 22.1 Å². The van der Waals surface area contributed by atoms with E-state index >= 15 is 0 Å². The molecule has 2 fully saturated rings. The molecular formula is C26H36ClN7O4S. The van der Waals surface area contributed by atoms with Crippen LogP contribution in [0.4, 0.5) is 11.6 Å². The zero-order chi connectivity index (χ0) is 27.8. The van der Waals surface area contributed by atoms with Gasteiger partial charge < -0.3 is 30.9 Å². The maximum absolute atomic E-state index is 12.9. The normalized spacial score (nSPS) is 18.5. The zero-order valence-electron chi connectivity index (χ0n) is 22.2. The molecule has 1 aromatic heterocycles. The standard InChI is InChI=1S/C26H36ClN7O4S/c1-29-25-22(31-23(27)24(28)32-25)26(36)30-19-5-3-11-33(16-19)10-2-4-18-6-8-20(9-7-18)38-17-21(35)34-12-14-39(37)15-13-34/h6-9,19H,2-5,10-17H2,1H3,(H,30,36)(H3,28,29,32). The lowest BCUT2D eigenvalue weighted by Gasteiger charge is -2.33. The molecule has 0 radical (unpaired) electrons. The Labute approximate surface area is 236 Å². The molecule has 2 saturated heterocycles. The molecule has 2 aliphatic rings. The minimum absolute atomic E-state index is 0.00709. The summed E-state index contributed by atoms with van der Waals surface area (Å²) < 4.78 is 17.1. The molecule has 1 atom stereocenters. The Kier molecular flexibility index (Phi) is 10.4. The second-order valence-electron chi connectivity index (χ2n) is 9.73. The number of rotatable bonds is 10. The van der Waals surface area contributed by atoms with Crippen molar-refractivity contribution < 1.29 is 18.5 Å². The Morgan fingerprint density at radius 1 is 1.18 bits per heavy atom. The number of carbonyl (C=O) groups excluding carboxylic acids is 2. The molecule has 0 aliphatic carbocycles. The highest BCUT2D eigenvalue weighted by Gasteiger charge is 2.25. The van der Waals surface area contributed by atoms with Crippen molar-refractivity contribution in [2.75, 3.05) is 68.9 Å². The number of nitrogens with one attached hydrogen (secondary N) is 2. The number of benzene rings is 1. The Hall–Kier alpha value is -2.96. The van der Waals surface area contributed by atoms with Gasteiger partial charge in [-0.25, -0.2) is 9.97 Å². The number of piperidine rings is 1. The van der Waals surface area contributed by atoms with Crippen LogP contribution in [0.1, 0.15) is 35.3 Å². The monoisotopic (exact) mass is 577 g/mol. The maximum Gasteiger partial charge on any atom is 0.274 e. The summed E-state index contributed by atoms with van der Waals surface area (Å²) in [5.74, 6) is 1.72. The van der Waals surface area contributed by atoms with E-state index in [1.807, 2.05) is 24.3 Å². The number of halogens is 1. The summed E-state index contributed by atoms with van der Waals surface area (Å²) in [5.41, 5.74) is 7.04. The van der Waals surface area contributed by atoms with Crippen molar-refractivity contribution in [3.05, 3.63) is 40.7 Å². The van der Waals surface area contributed by atoms with Crippen LogP contribution in [0.25, 0.3) is 0 Å². The third kappa shape index (κ3) is 8.26. The molecule has 11 nitrogen and oxygen atoms in total. The Morgan fingerprint density at radius 3 is 2.64 bits per heavy atom. The highest BCUT2D eigenvalue weighted by molar-refractivity contribution is 7.85. The predicted molar refractivity (Wildman–Crippen MR) is 153 cm³/mol.